The Hall–Kier alpha value is -2.32. The molecule has 0 unspecified atom stereocenters. The summed E-state index contributed by atoms with van der Waals surface area (Å²) < 4.78 is 54.6. The number of nitrogens with two attached hydrogens (primary N) is 1. The van der Waals surface area contributed by atoms with E-state index in [9.17, 15) is 27.2 Å². The van der Waals surface area contributed by atoms with Crippen LogP contribution in [0.15, 0.2) is 18.2 Å². The lowest BCUT2D eigenvalue weighted by atomic mass is 10.1. The van der Waals surface area contributed by atoms with Crippen molar-refractivity contribution in [3.05, 3.63) is 62.6 Å². The molecule has 0 aliphatic heterocycles. The van der Waals surface area contributed by atoms with Gasteiger partial charge in [0.05, 0.1) is 16.3 Å². The summed E-state index contributed by atoms with van der Waals surface area (Å²) in [6, 6.07) is 2.07. The molecule has 0 aliphatic rings. The van der Waals surface area contributed by atoms with Gasteiger partial charge >= 0.3 is 0 Å². The van der Waals surface area contributed by atoms with Crippen molar-refractivity contribution in [3.8, 4) is 0 Å². The number of carbonyl (C=O) groups excluding carboxylic acids is 2. The highest BCUT2D eigenvalue weighted by atomic mass is 35.5. The largest absolute Gasteiger partial charge is 0.365 e. The smallest absolute Gasteiger partial charge is 0.258 e. The molecule has 0 aliphatic carbocycles. The first-order valence-electron chi connectivity index (χ1n) is 6.07. The molecule has 0 fully saturated rings. The number of hydrogen-bond acceptors (Lipinski definition) is 2. The summed E-state index contributed by atoms with van der Waals surface area (Å²) in [4.78, 5) is 23.0. The van der Waals surface area contributed by atoms with E-state index < -0.39 is 61.9 Å². The number of benzene rings is 2. The molecule has 24 heavy (non-hydrogen) atoms. The molecule has 0 radical (unpaired) electrons. The second kappa shape index (κ2) is 6.66. The van der Waals surface area contributed by atoms with Gasteiger partial charge in [-0.1, -0.05) is 23.2 Å². The highest BCUT2D eigenvalue weighted by Crippen LogP contribution is 2.32. The maximum absolute atomic E-state index is 14.1. The number of halogens is 6. The molecule has 4 nitrogen and oxygen atoms in total. The lowest BCUT2D eigenvalue weighted by molar-refractivity contribution is 0.0992. The molecule has 2 amide bonds. The number of primary amides is 1. The van der Waals surface area contributed by atoms with Crippen LogP contribution in [0.25, 0.3) is 0 Å². The van der Waals surface area contributed by atoms with Gasteiger partial charge in [0.15, 0.2) is 17.5 Å². The number of anilines is 1. The predicted molar refractivity (Wildman–Crippen MR) is 79.2 cm³/mol. The molecule has 2 aromatic rings. The number of amides is 2. The average molecular weight is 381 g/mol. The Labute approximate surface area is 142 Å². The molecule has 2 rings (SSSR count). The van der Waals surface area contributed by atoms with Crippen LogP contribution in [0.1, 0.15) is 20.7 Å². The second-order valence-corrected chi connectivity index (χ2v) is 5.24. The Bertz CT molecular complexity index is 875. The third kappa shape index (κ3) is 3.15. The van der Waals surface area contributed by atoms with Crippen LogP contribution >= 0.6 is 23.2 Å². The first-order chi connectivity index (χ1) is 11.1. The fourth-order valence-corrected chi connectivity index (χ4v) is 2.26. The van der Waals surface area contributed by atoms with Gasteiger partial charge in [-0.05, 0) is 18.2 Å². The van der Waals surface area contributed by atoms with Crippen LogP contribution in [0.3, 0.4) is 0 Å². The van der Waals surface area contributed by atoms with Crippen molar-refractivity contribution in [3.63, 3.8) is 0 Å². The Balaban J connectivity index is 2.46. The summed E-state index contributed by atoms with van der Waals surface area (Å²) in [5, 5.41) is 0.332. The molecule has 3 N–H and O–H groups in total. The van der Waals surface area contributed by atoms with E-state index in [1.807, 2.05) is 5.32 Å². The first kappa shape index (κ1) is 18.0. The van der Waals surface area contributed by atoms with Gasteiger partial charge in [0.2, 0.25) is 0 Å². The van der Waals surface area contributed by atoms with Gasteiger partial charge < -0.3 is 11.1 Å². The lowest BCUT2D eigenvalue weighted by Crippen LogP contribution is -2.21. The van der Waals surface area contributed by atoms with Gasteiger partial charge in [0.25, 0.3) is 11.8 Å². The van der Waals surface area contributed by atoms with Gasteiger partial charge in [-0.2, -0.15) is 0 Å². The van der Waals surface area contributed by atoms with Crippen LogP contribution in [0, 0.1) is 23.3 Å². The molecule has 0 saturated heterocycles. The molecule has 2 aromatic carbocycles. The van der Waals surface area contributed by atoms with Crippen molar-refractivity contribution in [2.45, 2.75) is 0 Å². The van der Waals surface area contributed by atoms with Crippen LogP contribution in [-0.4, -0.2) is 11.8 Å². The zero-order chi connectivity index (χ0) is 18.2. The van der Waals surface area contributed by atoms with Crippen molar-refractivity contribution >= 4 is 40.7 Å². The average Bonchev–Trinajstić information content (AvgIpc) is 2.50. The SMILES string of the molecule is NC(=O)c1c(F)ccc(C(=O)Nc2cc(Cl)c(F)c(Cl)c2F)c1F. The van der Waals surface area contributed by atoms with E-state index >= 15 is 0 Å². The maximum atomic E-state index is 14.1. The minimum Gasteiger partial charge on any atom is -0.365 e. The summed E-state index contributed by atoms with van der Waals surface area (Å²) >= 11 is 10.8. The van der Waals surface area contributed by atoms with E-state index in [0.717, 1.165) is 6.07 Å². The van der Waals surface area contributed by atoms with Crippen molar-refractivity contribution in [1.82, 2.24) is 0 Å². The first-order valence-corrected chi connectivity index (χ1v) is 6.82. The fourth-order valence-electron chi connectivity index (χ4n) is 1.81. The van der Waals surface area contributed by atoms with E-state index in [2.05, 4.69) is 0 Å². The van der Waals surface area contributed by atoms with Crippen LogP contribution < -0.4 is 11.1 Å². The van der Waals surface area contributed by atoms with E-state index in [-0.39, 0.29) is 0 Å². The minimum atomic E-state index is -1.53. The predicted octanol–water partition coefficient (Wildman–Crippen LogP) is 3.90. The van der Waals surface area contributed by atoms with Crippen molar-refractivity contribution in [1.29, 1.82) is 0 Å². The Morgan fingerprint density at radius 2 is 1.62 bits per heavy atom. The minimum absolute atomic E-state index is 0.589. The van der Waals surface area contributed by atoms with E-state index in [4.69, 9.17) is 28.9 Å². The van der Waals surface area contributed by atoms with E-state index in [1.165, 1.54) is 0 Å². The van der Waals surface area contributed by atoms with Crippen LogP contribution in [-0.2, 0) is 0 Å². The quantitative estimate of drug-likeness (QED) is 0.481. The molecule has 10 heteroatoms. The van der Waals surface area contributed by atoms with Gasteiger partial charge in [0.1, 0.15) is 16.4 Å². The third-order valence-electron chi connectivity index (χ3n) is 2.93. The summed E-state index contributed by atoms with van der Waals surface area (Å²) in [5.74, 6) is -8.07. The second-order valence-electron chi connectivity index (χ2n) is 4.45. The van der Waals surface area contributed by atoms with Gasteiger partial charge in [0, 0.05) is 0 Å². The normalized spacial score (nSPS) is 10.6. The number of carbonyl (C=O) groups is 2. The number of rotatable bonds is 3. The molecule has 0 heterocycles. The number of nitrogens with one attached hydrogen (secondary N) is 1. The molecule has 0 aromatic heterocycles. The Morgan fingerprint density at radius 3 is 2.21 bits per heavy atom. The van der Waals surface area contributed by atoms with Gasteiger partial charge in [-0.3, -0.25) is 9.59 Å². The van der Waals surface area contributed by atoms with Gasteiger partial charge in [-0.25, -0.2) is 17.6 Å². The Kier molecular flexibility index (Phi) is 5.00. The molecular formula is C14H6Cl2F4N2O2. The van der Waals surface area contributed by atoms with Crippen LogP contribution in [0.5, 0.6) is 0 Å². The topological polar surface area (TPSA) is 72.2 Å². The molecular weight excluding hydrogens is 375 g/mol. The monoisotopic (exact) mass is 380 g/mol. The summed E-state index contributed by atoms with van der Waals surface area (Å²) in [6.45, 7) is 0. The standard InChI is InChI=1S/C14H6Cl2F4N2O2/c15-5-3-7(12(20)9(16)11(5)19)22-14(24)4-1-2-6(17)8(10(4)18)13(21)23/h1-3H,(H2,21,23)(H,22,24). The highest BCUT2D eigenvalue weighted by Gasteiger charge is 2.24. The molecule has 0 spiro atoms. The van der Waals surface area contributed by atoms with Crippen LogP contribution in [0.4, 0.5) is 23.2 Å². The van der Waals surface area contributed by atoms with Crippen molar-refractivity contribution in [2.24, 2.45) is 5.73 Å². The number of hydrogen-bond donors (Lipinski definition) is 2. The molecule has 0 saturated carbocycles. The van der Waals surface area contributed by atoms with Crippen molar-refractivity contribution < 1.29 is 27.2 Å². The van der Waals surface area contributed by atoms with Crippen molar-refractivity contribution in [2.75, 3.05) is 5.32 Å². The van der Waals surface area contributed by atoms with E-state index in [1.54, 1.807) is 0 Å². The molecule has 126 valence electrons. The Morgan fingerprint density at radius 1 is 1.00 bits per heavy atom. The fraction of sp³-hybridized carbons (Fsp3) is 0. The van der Waals surface area contributed by atoms with E-state index in [0.29, 0.717) is 12.1 Å². The summed E-state index contributed by atoms with van der Waals surface area (Å²) in [5.41, 5.74) is 2.27. The maximum Gasteiger partial charge on any atom is 0.258 e. The lowest BCUT2D eigenvalue weighted by Gasteiger charge is -2.11. The summed E-state index contributed by atoms with van der Waals surface area (Å²) in [6.07, 6.45) is 0. The molecule has 0 atom stereocenters. The third-order valence-corrected chi connectivity index (χ3v) is 3.54. The zero-order valence-electron chi connectivity index (χ0n) is 11.4. The summed E-state index contributed by atoms with van der Waals surface area (Å²) in [7, 11) is 0. The van der Waals surface area contributed by atoms with Crippen LogP contribution in [0.2, 0.25) is 10.0 Å². The zero-order valence-corrected chi connectivity index (χ0v) is 12.9. The molecule has 0 bridgehead atoms. The highest BCUT2D eigenvalue weighted by molar-refractivity contribution is 6.35. The van der Waals surface area contributed by atoms with Gasteiger partial charge in [-0.15, -0.1) is 0 Å².